The Morgan fingerprint density at radius 1 is 1.19 bits per heavy atom. The molecule has 1 fully saturated rings. The first kappa shape index (κ1) is 16.4. The highest BCUT2D eigenvalue weighted by Crippen LogP contribution is 2.23. The molecular weight excluding hydrogens is 335 g/mol. The van der Waals surface area contributed by atoms with Crippen molar-refractivity contribution in [1.29, 1.82) is 0 Å². The lowest BCUT2D eigenvalue weighted by molar-refractivity contribution is -0.120. The van der Waals surface area contributed by atoms with Crippen LogP contribution in [0.15, 0.2) is 36.4 Å². The topological polar surface area (TPSA) is 75.4 Å². The molecule has 1 amide bonds. The summed E-state index contributed by atoms with van der Waals surface area (Å²) >= 11 is 0. The number of carbonyl (C=O) groups is 1. The van der Waals surface area contributed by atoms with E-state index in [0.717, 1.165) is 31.0 Å². The highest BCUT2D eigenvalue weighted by Gasteiger charge is 2.27. The molecule has 0 radical (unpaired) electrons. The van der Waals surface area contributed by atoms with E-state index in [1.165, 1.54) is 12.1 Å². The summed E-state index contributed by atoms with van der Waals surface area (Å²) in [4.78, 5) is 14.7. The van der Waals surface area contributed by atoms with E-state index in [1.54, 1.807) is 16.6 Å². The van der Waals surface area contributed by atoms with Crippen molar-refractivity contribution in [2.75, 3.05) is 23.3 Å². The summed E-state index contributed by atoms with van der Waals surface area (Å²) in [6, 6.07) is 9.59. The van der Waals surface area contributed by atoms with E-state index < -0.39 is 0 Å². The van der Waals surface area contributed by atoms with E-state index >= 15 is 0 Å². The second-order valence-corrected chi connectivity index (χ2v) is 6.49. The van der Waals surface area contributed by atoms with Crippen molar-refractivity contribution in [2.24, 2.45) is 5.92 Å². The second kappa shape index (κ2) is 6.70. The van der Waals surface area contributed by atoms with Crippen molar-refractivity contribution in [3.63, 3.8) is 0 Å². The summed E-state index contributed by atoms with van der Waals surface area (Å²) in [6.45, 7) is 3.29. The Hall–Kier alpha value is -3.03. The third kappa shape index (κ3) is 3.22. The Morgan fingerprint density at radius 3 is 2.81 bits per heavy atom. The fourth-order valence-corrected chi connectivity index (χ4v) is 3.23. The molecule has 0 unspecified atom stereocenters. The lowest BCUT2D eigenvalue weighted by Crippen LogP contribution is -2.41. The maximum absolute atomic E-state index is 13.0. The Balaban J connectivity index is 1.48. The lowest BCUT2D eigenvalue weighted by atomic mass is 9.97. The van der Waals surface area contributed by atoms with Gasteiger partial charge < -0.3 is 10.2 Å². The minimum absolute atomic E-state index is 0.0529. The maximum atomic E-state index is 13.0. The number of halogens is 1. The molecule has 134 valence electrons. The standard InChI is InChI=1S/C18H19FN6O/c1-12-21-22-16-8-9-17(23-25(12)16)24-10-2-3-13(11-24)18(26)20-15-6-4-14(19)5-7-15/h4-9,13H,2-3,10-11H2,1H3,(H,20,26)/t13-/m0/s1. The van der Waals surface area contributed by atoms with Crippen LogP contribution in [0.1, 0.15) is 18.7 Å². The molecule has 1 atom stereocenters. The molecule has 1 aliphatic heterocycles. The van der Waals surface area contributed by atoms with Crippen LogP contribution in [0.5, 0.6) is 0 Å². The first-order valence-electron chi connectivity index (χ1n) is 8.60. The summed E-state index contributed by atoms with van der Waals surface area (Å²) in [5.41, 5.74) is 1.31. The number of piperidine rings is 1. The van der Waals surface area contributed by atoms with Crippen LogP contribution in [0, 0.1) is 18.7 Å². The summed E-state index contributed by atoms with van der Waals surface area (Å²) in [6.07, 6.45) is 1.72. The third-order valence-electron chi connectivity index (χ3n) is 4.63. The van der Waals surface area contributed by atoms with Gasteiger partial charge in [0.25, 0.3) is 0 Å². The van der Waals surface area contributed by atoms with E-state index in [-0.39, 0.29) is 17.6 Å². The van der Waals surface area contributed by atoms with Gasteiger partial charge in [-0.2, -0.15) is 4.52 Å². The van der Waals surface area contributed by atoms with Crippen LogP contribution in [0.25, 0.3) is 5.65 Å². The van der Waals surface area contributed by atoms with Crippen LogP contribution in [-0.4, -0.2) is 38.8 Å². The molecule has 8 heteroatoms. The average molecular weight is 354 g/mol. The van der Waals surface area contributed by atoms with Crippen LogP contribution in [0.3, 0.4) is 0 Å². The van der Waals surface area contributed by atoms with Crippen LogP contribution in [0.2, 0.25) is 0 Å². The second-order valence-electron chi connectivity index (χ2n) is 6.49. The highest BCUT2D eigenvalue weighted by molar-refractivity contribution is 5.93. The molecule has 0 aliphatic carbocycles. The summed E-state index contributed by atoms with van der Waals surface area (Å²) < 4.78 is 14.7. The van der Waals surface area contributed by atoms with Gasteiger partial charge in [-0.1, -0.05) is 0 Å². The Labute approximate surface area is 149 Å². The highest BCUT2D eigenvalue weighted by atomic mass is 19.1. The van der Waals surface area contributed by atoms with E-state index in [9.17, 15) is 9.18 Å². The Bertz CT molecular complexity index is 939. The molecule has 3 heterocycles. The molecule has 3 aromatic rings. The molecule has 26 heavy (non-hydrogen) atoms. The number of aryl methyl sites for hydroxylation is 1. The summed E-state index contributed by atoms with van der Waals surface area (Å²) in [7, 11) is 0. The molecule has 0 spiro atoms. The fourth-order valence-electron chi connectivity index (χ4n) is 3.23. The van der Waals surface area contributed by atoms with Gasteiger partial charge in [0, 0.05) is 18.8 Å². The summed E-state index contributed by atoms with van der Waals surface area (Å²) in [5, 5.41) is 15.5. The fraction of sp³-hybridized carbons (Fsp3) is 0.333. The molecule has 0 saturated carbocycles. The number of amides is 1. The minimum Gasteiger partial charge on any atom is -0.354 e. The van der Waals surface area contributed by atoms with Gasteiger partial charge >= 0.3 is 0 Å². The SMILES string of the molecule is Cc1nnc2ccc(N3CCC[C@H](C(=O)Nc4ccc(F)cc4)C3)nn12. The molecule has 7 nitrogen and oxygen atoms in total. The number of nitrogens with zero attached hydrogens (tertiary/aromatic N) is 5. The molecule has 1 aromatic carbocycles. The molecular formula is C18H19FN6O. The van der Waals surface area contributed by atoms with Crippen molar-refractivity contribution in [3.05, 3.63) is 48.0 Å². The van der Waals surface area contributed by atoms with Crippen LogP contribution >= 0.6 is 0 Å². The maximum Gasteiger partial charge on any atom is 0.229 e. The number of rotatable bonds is 3. The van der Waals surface area contributed by atoms with Gasteiger partial charge in [0.05, 0.1) is 5.92 Å². The van der Waals surface area contributed by atoms with Crippen molar-refractivity contribution < 1.29 is 9.18 Å². The van der Waals surface area contributed by atoms with Gasteiger partial charge in [-0.3, -0.25) is 4.79 Å². The zero-order chi connectivity index (χ0) is 18.1. The van der Waals surface area contributed by atoms with Gasteiger partial charge in [0.15, 0.2) is 11.5 Å². The van der Waals surface area contributed by atoms with E-state index in [4.69, 9.17) is 0 Å². The van der Waals surface area contributed by atoms with E-state index in [2.05, 4.69) is 25.5 Å². The molecule has 1 N–H and O–H groups in total. The zero-order valence-corrected chi connectivity index (χ0v) is 14.4. The van der Waals surface area contributed by atoms with Crippen LogP contribution in [-0.2, 0) is 4.79 Å². The predicted octanol–water partition coefficient (Wildman–Crippen LogP) is 2.43. The predicted molar refractivity (Wildman–Crippen MR) is 95.5 cm³/mol. The smallest absolute Gasteiger partial charge is 0.229 e. The minimum atomic E-state index is -0.322. The molecule has 2 aromatic heterocycles. The number of anilines is 2. The largest absolute Gasteiger partial charge is 0.354 e. The van der Waals surface area contributed by atoms with Crippen molar-refractivity contribution in [3.8, 4) is 0 Å². The normalized spacial score (nSPS) is 17.5. The summed E-state index contributed by atoms with van der Waals surface area (Å²) in [5.74, 6) is 1.01. The van der Waals surface area contributed by atoms with Gasteiger partial charge in [0.2, 0.25) is 5.91 Å². The van der Waals surface area contributed by atoms with Gasteiger partial charge in [-0.15, -0.1) is 15.3 Å². The number of carbonyl (C=O) groups excluding carboxylic acids is 1. The molecule has 4 rings (SSSR count). The van der Waals surface area contributed by atoms with Crippen molar-refractivity contribution >= 4 is 23.1 Å². The van der Waals surface area contributed by atoms with E-state index in [0.29, 0.717) is 17.9 Å². The first-order valence-corrected chi connectivity index (χ1v) is 8.60. The molecule has 1 saturated heterocycles. The van der Waals surface area contributed by atoms with E-state index in [1.807, 2.05) is 19.1 Å². The number of aromatic nitrogens is 4. The number of hydrogen-bond acceptors (Lipinski definition) is 5. The Morgan fingerprint density at radius 2 is 2.00 bits per heavy atom. The van der Waals surface area contributed by atoms with Gasteiger partial charge in [-0.05, 0) is 56.2 Å². The Kier molecular flexibility index (Phi) is 4.24. The average Bonchev–Trinajstić information content (AvgIpc) is 3.04. The van der Waals surface area contributed by atoms with Crippen molar-refractivity contribution in [2.45, 2.75) is 19.8 Å². The number of fused-ring (bicyclic) bond motifs is 1. The molecule has 1 aliphatic rings. The first-order chi connectivity index (χ1) is 12.6. The third-order valence-corrected chi connectivity index (χ3v) is 4.63. The number of hydrogen-bond donors (Lipinski definition) is 1. The zero-order valence-electron chi connectivity index (χ0n) is 14.4. The van der Waals surface area contributed by atoms with Crippen LogP contribution < -0.4 is 10.2 Å². The van der Waals surface area contributed by atoms with Crippen molar-refractivity contribution in [1.82, 2.24) is 19.8 Å². The number of benzene rings is 1. The molecule has 0 bridgehead atoms. The lowest BCUT2D eigenvalue weighted by Gasteiger charge is -2.32. The van der Waals surface area contributed by atoms with Gasteiger partial charge in [-0.25, -0.2) is 4.39 Å². The van der Waals surface area contributed by atoms with Crippen LogP contribution in [0.4, 0.5) is 15.9 Å². The monoisotopic (exact) mass is 354 g/mol. The van der Waals surface area contributed by atoms with Gasteiger partial charge in [0.1, 0.15) is 11.6 Å². The quantitative estimate of drug-likeness (QED) is 0.782. The number of nitrogens with one attached hydrogen (secondary N) is 1.